The van der Waals surface area contributed by atoms with Gasteiger partial charge in [-0.2, -0.15) is 0 Å². The summed E-state index contributed by atoms with van der Waals surface area (Å²) in [6.45, 7) is 4.60. The Balaban J connectivity index is 1.50. The fraction of sp³-hybridized carbons (Fsp3) is 0.350. The molecule has 4 nitrogen and oxygen atoms in total. The summed E-state index contributed by atoms with van der Waals surface area (Å²) in [7, 11) is 0. The second-order valence-electron chi connectivity index (χ2n) is 6.58. The molecular weight excluding hydrogens is 332 g/mol. The van der Waals surface area contributed by atoms with Crippen molar-refractivity contribution in [2.45, 2.75) is 29.6 Å². The summed E-state index contributed by atoms with van der Waals surface area (Å²) in [6.07, 6.45) is 0.767. The molecule has 130 valence electrons. The minimum atomic E-state index is -0.248. The van der Waals surface area contributed by atoms with Crippen molar-refractivity contribution >= 4 is 29.2 Å². The van der Waals surface area contributed by atoms with Gasteiger partial charge < -0.3 is 9.64 Å². The quantitative estimate of drug-likeness (QED) is 0.818. The first-order valence-corrected chi connectivity index (χ1v) is 9.62. The zero-order chi connectivity index (χ0) is 17.2. The third kappa shape index (κ3) is 3.47. The first kappa shape index (κ1) is 16.3. The molecule has 1 amide bonds. The lowest BCUT2D eigenvalue weighted by Crippen LogP contribution is -2.36. The van der Waals surface area contributed by atoms with E-state index < -0.39 is 0 Å². The summed E-state index contributed by atoms with van der Waals surface area (Å²) < 4.78 is 5.65. The summed E-state index contributed by atoms with van der Waals surface area (Å²) in [5, 5.41) is 0.595. The first-order valence-electron chi connectivity index (χ1n) is 8.74. The maximum Gasteiger partial charge on any atom is 0.414 e. The Morgan fingerprint density at radius 3 is 2.72 bits per heavy atom. The predicted octanol–water partition coefficient (Wildman–Crippen LogP) is 4.40. The SMILES string of the molecule is CC1CCN(CC2CN(c3ccccc3)C(=O)O2)c2ccccc2S1. The average molecular weight is 354 g/mol. The molecule has 2 aromatic rings. The highest BCUT2D eigenvalue weighted by atomic mass is 32.2. The summed E-state index contributed by atoms with van der Waals surface area (Å²) in [4.78, 5) is 17.7. The molecule has 2 heterocycles. The van der Waals surface area contributed by atoms with E-state index in [9.17, 15) is 4.79 Å². The van der Waals surface area contributed by atoms with Crippen LogP contribution in [0.4, 0.5) is 16.2 Å². The number of benzene rings is 2. The summed E-state index contributed by atoms with van der Waals surface area (Å²) >= 11 is 1.93. The Morgan fingerprint density at radius 2 is 1.88 bits per heavy atom. The second kappa shape index (κ2) is 7.00. The average Bonchev–Trinajstić information content (AvgIpc) is 2.92. The van der Waals surface area contributed by atoms with Crippen molar-refractivity contribution in [3.8, 4) is 0 Å². The maximum absolute atomic E-state index is 12.3. The molecule has 0 aromatic heterocycles. The van der Waals surface area contributed by atoms with Crippen LogP contribution in [0.2, 0.25) is 0 Å². The Kier molecular flexibility index (Phi) is 4.57. The second-order valence-corrected chi connectivity index (χ2v) is 8.06. The van der Waals surface area contributed by atoms with E-state index in [1.807, 2.05) is 42.1 Å². The molecule has 2 aliphatic heterocycles. The van der Waals surface area contributed by atoms with Gasteiger partial charge in [0.2, 0.25) is 0 Å². The van der Waals surface area contributed by atoms with Gasteiger partial charge in [0.05, 0.1) is 18.8 Å². The molecule has 1 saturated heterocycles. The molecule has 0 N–H and O–H groups in total. The van der Waals surface area contributed by atoms with Crippen LogP contribution in [-0.2, 0) is 4.74 Å². The van der Waals surface area contributed by atoms with Crippen molar-refractivity contribution < 1.29 is 9.53 Å². The standard InChI is InChI=1S/C20H22N2O2S/c1-15-11-12-21(18-9-5-6-10-19(18)25-15)13-17-14-22(20(23)24-17)16-7-3-2-4-8-16/h2-10,15,17H,11-14H2,1H3. The summed E-state index contributed by atoms with van der Waals surface area (Å²) in [5.74, 6) is 0. The fourth-order valence-corrected chi connectivity index (χ4v) is 4.55. The number of fused-ring (bicyclic) bond motifs is 1. The lowest BCUT2D eigenvalue weighted by Gasteiger charge is -2.26. The number of ether oxygens (including phenoxy) is 1. The van der Waals surface area contributed by atoms with Crippen LogP contribution in [0.5, 0.6) is 0 Å². The number of hydrogen-bond donors (Lipinski definition) is 0. The number of carbonyl (C=O) groups is 1. The Hall–Kier alpha value is -2.14. The number of para-hydroxylation sites is 2. The van der Waals surface area contributed by atoms with E-state index in [0.29, 0.717) is 11.8 Å². The Labute approximate surface area is 152 Å². The maximum atomic E-state index is 12.3. The number of rotatable bonds is 3. The van der Waals surface area contributed by atoms with Crippen molar-refractivity contribution in [3.05, 3.63) is 54.6 Å². The van der Waals surface area contributed by atoms with Crippen LogP contribution in [0.25, 0.3) is 0 Å². The van der Waals surface area contributed by atoms with Gasteiger partial charge in [-0.15, -0.1) is 11.8 Å². The molecule has 0 bridgehead atoms. The molecule has 0 saturated carbocycles. The van der Waals surface area contributed by atoms with Crippen LogP contribution >= 0.6 is 11.8 Å². The molecule has 0 radical (unpaired) electrons. The molecule has 5 heteroatoms. The van der Waals surface area contributed by atoms with Gasteiger partial charge in [-0.05, 0) is 30.7 Å². The monoisotopic (exact) mass is 354 g/mol. The van der Waals surface area contributed by atoms with Gasteiger partial charge in [0.1, 0.15) is 6.10 Å². The van der Waals surface area contributed by atoms with Crippen molar-refractivity contribution in [1.82, 2.24) is 0 Å². The van der Waals surface area contributed by atoms with Gasteiger partial charge >= 0.3 is 6.09 Å². The van der Waals surface area contributed by atoms with E-state index in [2.05, 4.69) is 36.1 Å². The fourth-order valence-electron chi connectivity index (χ4n) is 3.42. The van der Waals surface area contributed by atoms with Gasteiger partial charge in [-0.1, -0.05) is 37.3 Å². The van der Waals surface area contributed by atoms with Gasteiger partial charge in [0.25, 0.3) is 0 Å². The summed E-state index contributed by atoms with van der Waals surface area (Å²) in [6, 6.07) is 18.3. The Morgan fingerprint density at radius 1 is 1.12 bits per heavy atom. The van der Waals surface area contributed by atoms with E-state index >= 15 is 0 Å². The van der Waals surface area contributed by atoms with Crippen molar-refractivity contribution in [1.29, 1.82) is 0 Å². The Bertz CT molecular complexity index is 752. The van der Waals surface area contributed by atoms with Gasteiger partial charge in [0.15, 0.2) is 0 Å². The highest BCUT2D eigenvalue weighted by molar-refractivity contribution is 8.00. The van der Waals surface area contributed by atoms with Crippen molar-refractivity contribution in [3.63, 3.8) is 0 Å². The summed E-state index contributed by atoms with van der Waals surface area (Å²) in [5.41, 5.74) is 2.15. The number of thioether (sulfide) groups is 1. The highest BCUT2D eigenvalue weighted by Crippen LogP contribution is 2.37. The molecule has 25 heavy (non-hydrogen) atoms. The zero-order valence-electron chi connectivity index (χ0n) is 14.3. The number of carbonyl (C=O) groups excluding carboxylic acids is 1. The van der Waals surface area contributed by atoms with Gasteiger partial charge in [0, 0.05) is 22.4 Å². The number of nitrogens with zero attached hydrogens (tertiary/aromatic N) is 2. The molecule has 2 aliphatic rings. The number of amides is 1. The number of cyclic esters (lactones) is 1. The molecule has 2 atom stereocenters. The highest BCUT2D eigenvalue weighted by Gasteiger charge is 2.34. The largest absolute Gasteiger partial charge is 0.442 e. The topological polar surface area (TPSA) is 32.8 Å². The molecule has 0 aliphatic carbocycles. The van der Waals surface area contributed by atoms with E-state index in [4.69, 9.17) is 4.74 Å². The van der Waals surface area contributed by atoms with Crippen molar-refractivity contribution in [2.24, 2.45) is 0 Å². The lowest BCUT2D eigenvalue weighted by atomic mass is 10.2. The third-order valence-electron chi connectivity index (χ3n) is 4.71. The molecule has 1 fully saturated rings. The first-order chi connectivity index (χ1) is 12.2. The van der Waals surface area contributed by atoms with E-state index in [0.717, 1.165) is 25.2 Å². The lowest BCUT2D eigenvalue weighted by molar-refractivity contribution is 0.143. The molecular formula is C20H22N2O2S. The van der Waals surface area contributed by atoms with E-state index in [-0.39, 0.29) is 12.2 Å². The van der Waals surface area contributed by atoms with Crippen LogP contribution in [0.3, 0.4) is 0 Å². The molecule has 2 aromatic carbocycles. The predicted molar refractivity (Wildman–Crippen MR) is 103 cm³/mol. The smallest absolute Gasteiger partial charge is 0.414 e. The molecule has 4 rings (SSSR count). The van der Waals surface area contributed by atoms with Crippen LogP contribution in [0.1, 0.15) is 13.3 Å². The van der Waals surface area contributed by atoms with Crippen molar-refractivity contribution in [2.75, 3.05) is 29.4 Å². The molecule has 0 spiro atoms. The van der Waals surface area contributed by atoms with Gasteiger partial charge in [-0.25, -0.2) is 4.79 Å². The zero-order valence-corrected chi connectivity index (χ0v) is 15.1. The number of hydrogen-bond acceptors (Lipinski definition) is 4. The van der Waals surface area contributed by atoms with E-state index in [1.54, 1.807) is 4.90 Å². The molecule has 2 unspecified atom stereocenters. The van der Waals surface area contributed by atoms with Crippen LogP contribution in [0, 0.1) is 0 Å². The number of anilines is 2. The van der Waals surface area contributed by atoms with E-state index in [1.165, 1.54) is 10.6 Å². The van der Waals surface area contributed by atoms with Crippen LogP contribution < -0.4 is 9.80 Å². The minimum Gasteiger partial charge on any atom is -0.442 e. The third-order valence-corrected chi connectivity index (χ3v) is 5.94. The van der Waals surface area contributed by atoms with Crippen LogP contribution in [0.15, 0.2) is 59.5 Å². The normalized spacial score (nSPS) is 23.2. The minimum absolute atomic E-state index is 0.112. The van der Waals surface area contributed by atoms with Crippen LogP contribution in [-0.4, -0.2) is 37.1 Å². The van der Waals surface area contributed by atoms with Gasteiger partial charge in [-0.3, -0.25) is 4.90 Å².